The normalized spacial score (nSPS) is 13.1. The molecule has 0 saturated heterocycles. The van der Waals surface area contributed by atoms with E-state index in [9.17, 15) is 9.90 Å². The van der Waals surface area contributed by atoms with Crippen molar-refractivity contribution in [1.29, 1.82) is 0 Å². The number of phenolic OH excluding ortho intramolecular Hbond substituents is 1. The van der Waals surface area contributed by atoms with Crippen molar-refractivity contribution in [2.45, 2.75) is 32.0 Å². The number of rotatable bonds is 4. The highest BCUT2D eigenvalue weighted by molar-refractivity contribution is 9.09. The molecule has 3 nitrogen and oxygen atoms in total. The van der Waals surface area contributed by atoms with E-state index in [-0.39, 0.29) is 27.5 Å². The molecule has 0 aliphatic carbocycles. The number of hydrogen-bond acceptors (Lipinski definition) is 2. The molecule has 106 valence electrons. The minimum absolute atomic E-state index is 0.0659. The van der Waals surface area contributed by atoms with Crippen LogP contribution in [-0.2, 0) is 0 Å². The Balaban J connectivity index is 2.58. The van der Waals surface area contributed by atoms with Gasteiger partial charge >= 0.3 is 0 Å². The Bertz CT molecular complexity index is 457. The molecule has 0 fully saturated rings. The molecule has 0 heterocycles. The van der Waals surface area contributed by atoms with Gasteiger partial charge in [-0.25, -0.2) is 0 Å². The molecule has 1 atom stereocenters. The zero-order valence-electron chi connectivity index (χ0n) is 11.3. The summed E-state index contributed by atoms with van der Waals surface area (Å²) in [6.45, 7) is 6.94. The number of alkyl halides is 1. The molecule has 0 aromatic heterocycles. The SMILES string of the molecule is CC(C)(C)CC(Br)CNC(=O)c1cc(Cl)ccc1O. The van der Waals surface area contributed by atoms with Crippen LogP contribution in [0.2, 0.25) is 5.02 Å². The second-order valence-electron chi connectivity index (χ2n) is 5.73. The van der Waals surface area contributed by atoms with E-state index in [1.807, 2.05) is 0 Å². The number of hydrogen-bond donors (Lipinski definition) is 2. The van der Waals surface area contributed by atoms with Crippen LogP contribution in [0.3, 0.4) is 0 Å². The summed E-state index contributed by atoms with van der Waals surface area (Å²) in [5, 5.41) is 12.8. The van der Waals surface area contributed by atoms with Crippen LogP contribution in [0.25, 0.3) is 0 Å². The smallest absolute Gasteiger partial charge is 0.255 e. The second-order valence-corrected chi connectivity index (χ2v) is 7.46. The van der Waals surface area contributed by atoms with Gasteiger partial charge < -0.3 is 10.4 Å². The van der Waals surface area contributed by atoms with Crippen molar-refractivity contribution >= 4 is 33.4 Å². The van der Waals surface area contributed by atoms with Crippen LogP contribution in [0.5, 0.6) is 5.75 Å². The van der Waals surface area contributed by atoms with Gasteiger partial charge in [0.25, 0.3) is 5.91 Å². The number of halogens is 2. The van der Waals surface area contributed by atoms with Gasteiger partial charge in [0.1, 0.15) is 5.75 Å². The summed E-state index contributed by atoms with van der Waals surface area (Å²) in [6, 6.07) is 4.41. The fourth-order valence-electron chi connectivity index (χ4n) is 1.73. The van der Waals surface area contributed by atoms with Gasteiger partial charge in [-0.1, -0.05) is 48.3 Å². The summed E-state index contributed by atoms with van der Waals surface area (Å²) in [4.78, 5) is 12.1. The van der Waals surface area contributed by atoms with Crippen LogP contribution in [0.1, 0.15) is 37.6 Å². The zero-order valence-corrected chi connectivity index (χ0v) is 13.7. The summed E-state index contributed by atoms with van der Waals surface area (Å²) >= 11 is 9.35. The highest BCUT2D eigenvalue weighted by Gasteiger charge is 2.18. The fraction of sp³-hybridized carbons (Fsp3) is 0.500. The van der Waals surface area contributed by atoms with Crippen LogP contribution >= 0.6 is 27.5 Å². The van der Waals surface area contributed by atoms with Gasteiger partial charge in [0, 0.05) is 16.4 Å². The molecule has 0 bridgehead atoms. The summed E-state index contributed by atoms with van der Waals surface area (Å²) in [7, 11) is 0. The van der Waals surface area contributed by atoms with Gasteiger partial charge in [-0.05, 0) is 30.0 Å². The molecule has 5 heteroatoms. The Labute approximate surface area is 127 Å². The van der Waals surface area contributed by atoms with Gasteiger partial charge in [0.15, 0.2) is 0 Å². The van der Waals surface area contributed by atoms with Gasteiger partial charge in [-0.15, -0.1) is 0 Å². The van der Waals surface area contributed by atoms with Gasteiger partial charge in [0.2, 0.25) is 0 Å². The largest absolute Gasteiger partial charge is 0.507 e. The minimum Gasteiger partial charge on any atom is -0.507 e. The van der Waals surface area contributed by atoms with E-state index in [0.717, 1.165) is 6.42 Å². The topological polar surface area (TPSA) is 49.3 Å². The third-order valence-electron chi connectivity index (χ3n) is 2.52. The lowest BCUT2D eigenvalue weighted by Gasteiger charge is -2.22. The predicted octanol–water partition coefficient (Wildman–Crippen LogP) is 3.98. The Kier molecular flexibility index (Phi) is 5.68. The van der Waals surface area contributed by atoms with Crippen molar-refractivity contribution < 1.29 is 9.90 Å². The molecule has 19 heavy (non-hydrogen) atoms. The molecule has 1 rings (SSSR count). The van der Waals surface area contributed by atoms with Crippen molar-refractivity contribution in [2.24, 2.45) is 5.41 Å². The fourth-order valence-corrected chi connectivity index (χ4v) is 3.03. The van der Waals surface area contributed by atoms with Gasteiger partial charge in [0.05, 0.1) is 5.56 Å². The molecule has 1 aromatic carbocycles. The summed E-state index contributed by atoms with van der Waals surface area (Å²) in [6.07, 6.45) is 0.939. The van der Waals surface area contributed by atoms with Gasteiger partial charge in [-0.3, -0.25) is 4.79 Å². The van der Waals surface area contributed by atoms with Crippen LogP contribution in [-0.4, -0.2) is 22.4 Å². The van der Waals surface area contributed by atoms with E-state index in [2.05, 4.69) is 42.0 Å². The summed E-state index contributed by atoms with van der Waals surface area (Å²) in [5.41, 5.74) is 0.389. The molecule has 0 aliphatic heterocycles. The number of aromatic hydroxyl groups is 1. The first-order valence-electron chi connectivity index (χ1n) is 6.10. The first-order chi connectivity index (χ1) is 8.69. The van der Waals surface area contributed by atoms with Crippen molar-refractivity contribution in [1.82, 2.24) is 5.32 Å². The third kappa shape index (κ3) is 5.83. The summed E-state index contributed by atoms with van der Waals surface area (Å²) < 4.78 is 0. The van der Waals surface area contributed by atoms with Crippen molar-refractivity contribution in [3.8, 4) is 5.75 Å². The van der Waals surface area contributed by atoms with Crippen molar-refractivity contribution in [3.63, 3.8) is 0 Å². The third-order valence-corrected chi connectivity index (χ3v) is 3.40. The first-order valence-corrected chi connectivity index (χ1v) is 7.39. The first kappa shape index (κ1) is 16.3. The predicted molar refractivity (Wildman–Crippen MR) is 82.2 cm³/mol. The second kappa shape index (κ2) is 6.62. The minimum atomic E-state index is -0.321. The quantitative estimate of drug-likeness (QED) is 0.809. The van der Waals surface area contributed by atoms with Gasteiger partial charge in [-0.2, -0.15) is 0 Å². The zero-order chi connectivity index (χ0) is 14.6. The van der Waals surface area contributed by atoms with E-state index < -0.39 is 0 Å². The molecule has 0 aliphatic rings. The standard InChI is InChI=1S/C14H19BrClNO2/c1-14(2,3)7-9(15)8-17-13(19)11-6-10(16)4-5-12(11)18/h4-6,9,18H,7-8H2,1-3H3,(H,17,19). The van der Waals surface area contributed by atoms with Crippen molar-refractivity contribution in [3.05, 3.63) is 28.8 Å². The van der Waals surface area contributed by atoms with Crippen LogP contribution < -0.4 is 5.32 Å². The van der Waals surface area contributed by atoms with Crippen molar-refractivity contribution in [2.75, 3.05) is 6.54 Å². The molecule has 1 unspecified atom stereocenters. The maximum absolute atomic E-state index is 11.9. The molecule has 0 saturated carbocycles. The van der Waals surface area contributed by atoms with E-state index in [4.69, 9.17) is 11.6 Å². The van der Waals surface area contributed by atoms with Crippen LogP contribution in [0.15, 0.2) is 18.2 Å². The molecular weight excluding hydrogens is 330 g/mol. The maximum Gasteiger partial charge on any atom is 0.255 e. The van der Waals surface area contributed by atoms with Crippen LogP contribution in [0.4, 0.5) is 0 Å². The lowest BCUT2D eigenvalue weighted by atomic mass is 9.90. The number of carbonyl (C=O) groups is 1. The Morgan fingerprint density at radius 1 is 1.47 bits per heavy atom. The molecular formula is C14H19BrClNO2. The molecule has 1 aromatic rings. The lowest BCUT2D eigenvalue weighted by Crippen LogP contribution is -2.31. The Morgan fingerprint density at radius 3 is 2.68 bits per heavy atom. The number of nitrogens with one attached hydrogen (secondary N) is 1. The van der Waals surface area contributed by atoms with E-state index in [0.29, 0.717) is 11.6 Å². The Morgan fingerprint density at radius 2 is 2.11 bits per heavy atom. The number of phenols is 1. The highest BCUT2D eigenvalue weighted by atomic mass is 79.9. The van der Waals surface area contributed by atoms with E-state index in [1.54, 1.807) is 6.07 Å². The maximum atomic E-state index is 11.9. The average molecular weight is 349 g/mol. The average Bonchev–Trinajstić information content (AvgIpc) is 2.27. The molecule has 0 spiro atoms. The van der Waals surface area contributed by atoms with Crippen LogP contribution in [0, 0.1) is 5.41 Å². The number of benzene rings is 1. The number of amides is 1. The monoisotopic (exact) mass is 347 g/mol. The molecule has 2 N–H and O–H groups in total. The molecule has 1 amide bonds. The van der Waals surface area contributed by atoms with E-state index >= 15 is 0 Å². The van der Waals surface area contributed by atoms with E-state index in [1.165, 1.54) is 12.1 Å². The molecule has 0 radical (unpaired) electrons. The number of carbonyl (C=O) groups excluding carboxylic acids is 1. The lowest BCUT2D eigenvalue weighted by molar-refractivity contribution is 0.0950. The summed E-state index contributed by atoms with van der Waals surface area (Å²) in [5.74, 6) is -0.387. The highest BCUT2D eigenvalue weighted by Crippen LogP contribution is 2.25. The Hall–Kier alpha value is -0.740.